The van der Waals surface area contributed by atoms with Crippen LogP contribution in [0.15, 0.2) is 99.9 Å². The number of methoxy groups -OCH3 is 1. The summed E-state index contributed by atoms with van der Waals surface area (Å²) < 4.78 is 7.84. The van der Waals surface area contributed by atoms with Crippen molar-refractivity contribution in [2.24, 2.45) is 0 Å². The fourth-order valence-corrected chi connectivity index (χ4v) is 5.17. The Bertz CT molecular complexity index is 1640. The molecule has 1 amide bonds. The molecule has 0 saturated carbocycles. The van der Waals surface area contributed by atoms with Crippen LogP contribution >= 0.6 is 11.3 Å². The van der Waals surface area contributed by atoms with Crippen molar-refractivity contribution in [3.63, 3.8) is 0 Å². The maximum atomic E-state index is 13.7. The molecule has 1 N–H and O–H groups in total. The molecule has 0 spiro atoms. The summed E-state index contributed by atoms with van der Waals surface area (Å²) in [5.41, 5.74) is 2.08. The van der Waals surface area contributed by atoms with Crippen LogP contribution in [0, 0.1) is 0 Å². The molecule has 8 heteroatoms. The number of rotatable bonds is 7. The van der Waals surface area contributed by atoms with Crippen LogP contribution in [0.4, 0.5) is 5.69 Å². The van der Waals surface area contributed by atoms with Gasteiger partial charge < -0.3 is 10.1 Å². The van der Waals surface area contributed by atoms with Gasteiger partial charge in [-0.05, 0) is 35.4 Å². The number of carbonyl (C=O) groups is 1. The third-order valence-electron chi connectivity index (χ3n) is 5.88. The molecule has 0 bridgehead atoms. The maximum absolute atomic E-state index is 13.7. The number of aromatic nitrogens is 2. The molecule has 0 fully saturated rings. The highest BCUT2D eigenvalue weighted by Gasteiger charge is 2.21. The van der Waals surface area contributed by atoms with Crippen molar-refractivity contribution in [2.75, 3.05) is 12.4 Å². The second-order valence-electron chi connectivity index (χ2n) is 8.22. The van der Waals surface area contributed by atoms with E-state index in [-0.39, 0.29) is 24.6 Å². The molecule has 3 aromatic carbocycles. The molecule has 5 aromatic rings. The molecular weight excluding hydrogens is 474 g/mol. The number of anilines is 1. The van der Waals surface area contributed by atoms with E-state index in [1.54, 1.807) is 19.2 Å². The number of hydrogen-bond donors (Lipinski definition) is 1. The first kappa shape index (κ1) is 23.3. The van der Waals surface area contributed by atoms with E-state index >= 15 is 0 Å². The Morgan fingerprint density at radius 1 is 0.889 bits per heavy atom. The van der Waals surface area contributed by atoms with Crippen LogP contribution in [0.1, 0.15) is 5.56 Å². The number of fused-ring (bicyclic) bond motifs is 1. The van der Waals surface area contributed by atoms with Crippen molar-refractivity contribution in [1.82, 2.24) is 9.13 Å². The number of thiophene rings is 1. The summed E-state index contributed by atoms with van der Waals surface area (Å²) in [6.45, 7) is -0.117. The Labute approximate surface area is 210 Å². The summed E-state index contributed by atoms with van der Waals surface area (Å²) in [5, 5.41) is 5.09. The van der Waals surface area contributed by atoms with Crippen LogP contribution in [0.2, 0.25) is 0 Å². The molecule has 0 aliphatic heterocycles. The topological polar surface area (TPSA) is 82.3 Å². The highest BCUT2D eigenvalue weighted by atomic mass is 32.1. The highest BCUT2D eigenvalue weighted by molar-refractivity contribution is 7.17. The highest BCUT2D eigenvalue weighted by Crippen LogP contribution is 2.32. The van der Waals surface area contributed by atoms with Gasteiger partial charge in [0, 0.05) is 16.6 Å². The van der Waals surface area contributed by atoms with E-state index in [4.69, 9.17) is 4.74 Å². The number of carbonyl (C=O) groups excluding carboxylic acids is 1. The fourth-order valence-electron chi connectivity index (χ4n) is 4.10. The SMILES string of the molecule is COc1ccc(-c2csc3c2c(=O)n(Cc2ccccc2)c(=O)n3CC(=O)Nc2ccccc2)cc1. The zero-order valence-electron chi connectivity index (χ0n) is 19.5. The Morgan fingerprint density at radius 3 is 2.22 bits per heavy atom. The first-order valence-corrected chi connectivity index (χ1v) is 12.2. The molecule has 5 rings (SSSR count). The molecule has 0 saturated heterocycles. The summed E-state index contributed by atoms with van der Waals surface area (Å²) in [7, 11) is 1.59. The van der Waals surface area contributed by atoms with Gasteiger partial charge >= 0.3 is 5.69 Å². The van der Waals surface area contributed by atoms with Gasteiger partial charge in [0.05, 0.1) is 19.0 Å². The van der Waals surface area contributed by atoms with Gasteiger partial charge in [0.1, 0.15) is 17.1 Å². The van der Waals surface area contributed by atoms with Crippen molar-refractivity contribution < 1.29 is 9.53 Å². The van der Waals surface area contributed by atoms with Gasteiger partial charge in [-0.3, -0.25) is 18.7 Å². The van der Waals surface area contributed by atoms with Crippen molar-refractivity contribution in [1.29, 1.82) is 0 Å². The standard InChI is InChI=1S/C28H23N3O4S/c1-35-22-14-12-20(13-15-22)23-18-36-27-25(23)26(33)30(16-19-8-4-2-5-9-19)28(34)31(27)17-24(32)29-21-10-6-3-7-11-21/h2-15,18H,16-17H2,1H3,(H,29,32). The smallest absolute Gasteiger partial charge is 0.332 e. The van der Waals surface area contributed by atoms with Crippen LogP contribution in [0.25, 0.3) is 21.3 Å². The predicted octanol–water partition coefficient (Wildman–Crippen LogP) is 4.59. The second-order valence-corrected chi connectivity index (χ2v) is 9.08. The molecule has 2 aromatic heterocycles. The number of nitrogens with one attached hydrogen (secondary N) is 1. The lowest BCUT2D eigenvalue weighted by Gasteiger charge is -2.13. The molecular formula is C28H23N3O4S. The molecule has 36 heavy (non-hydrogen) atoms. The Hall–Kier alpha value is -4.43. The zero-order chi connectivity index (χ0) is 25.1. The van der Waals surface area contributed by atoms with Crippen molar-refractivity contribution in [2.45, 2.75) is 13.1 Å². The van der Waals surface area contributed by atoms with Crippen LogP contribution in [0.3, 0.4) is 0 Å². The molecule has 0 aliphatic carbocycles. The molecule has 0 aliphatic rings. The van der Waals surface area contributed by atoms with E-state index in [0.29, 0.717) is 27.2 Å². The first-order valence-electron chi connectivity index (χ1n) is 11.3. The minimum absolute atomic E-state index is 0.104. The van der Waals surface area contributed by atoms with Gasteiger partial charge in [-0.1, -0.05) is 60.7 Å². The number of hydrogen-bond acceptors (Lipinski definition) is 5. The summed E-state index contributed by atoms with van der Waals surface area (Å²) in [5.74, 6) is 0.350. The molecule has 0 unspecified atom stereocenters. The third-order valence-corrected chi connectivity index (χ3v) is 6.88. The van der Waals surface area contributed by atoms with Crippen LogP contribution in [-0.2, 0) is 17.9 Å². The number of nitrogens with zero attached hydrogens (tertiary/aromatic N) is 2. The summed E-state index contributed by atoms with van der Waals surface area (Å²) in [6, 6.07) is 25.8. The summed E-state index contributed by atoms with van der Waals surface area (Å²) >= 11 is 1.28. The van der Waals surface area contributed by atoms with Crippen LogP contribution < -0.4 is 21.3 Å². The van der Waals surface area contributed by atoms with Crippen molar-refractivity contribution >= 4 is 33.1 Å². The Kier molecular flexibility index (Phi) is 6.51. The van der Waals surface area contributed by atoms with Crippen molar-refractivity contribution in [3.05, 3.63) is 117 Å². The van der Waals surface area contributed by atoms with E-state index in [0.717, 1.165) is 11.1 Å². The number of para-hydroxylation sites is 1. The van der Waals surface area contributed by atoms with Gasteiger partial charge in [-0.25, -0.2) is 4.79 Å². The molecule has 0 radical (unpaired) electrons. The van der Waals surface area contributed by atoms with Gasteiger partial charge in [-0.2, -0.15) is 0 Å². The van der Waals surface area contributed by atoms with E-state index in [2.05, 4.69) is 5.32 Å². The molecule has 2 heterocycles. The zero-order valence-corrected chi connectivity index (χ0v) is 20.3. The van der Waals surface area contributed by atoms with Gasteiger partial charge in [0.15, 0.2) is 0 Å². The fraction of sp³-hybridized carbons (Fsp3) is 0.107. The normalized spacial score (nSPS) is 10.9. The lowest BCUT2D eigenvalue weighted by molar-refractivity contribution is -0.116. The minimum Gasteiger partial charge on any atom is -0.497 e. The molecule has 0 atom stereocenters. The van der Waals surface area contributed by atoms with Crippen LogP contribution in [0.5, 0.6) is 5.75 Å². The van der Waals surface area contributed by atoms with E-state index < -0.39 is 5.69 Å². The second kappa shape index (κ2) is 10.1. The lowest BCUT2D eigenvalue weighted by Crippen LogP contribution is -2.41. The average molecular weight is 498 g/mol. The van der Waals surface area contributed by atoms with E-state index in [1.165, 1.54) is 20.5 Å². The maximum Gasteiger partial charge on any atom is 0.332 e. The van der Waals surface area contributed by atoms with Crippen molar-refractivity contribution in [3.8, 4) is 16.9 Å². The van der Waals surface area contributed by atoms with E-state index in [9.17, 15) is 14.4 Å². The Balaban J connectivity index is 1.65. The van der Waals surface area contributed by atoms with Gasteiger partial charge in [-0.15, -0.1) is 11.3 Å². The first-order chi connectivity index (χ1) is 17.5. The quantitative estimate of drug-likeness (QED) is 0.357. The number of amides is 1. The number of ether oxygens (including phenoxy) is 1. The number of benzene rings is 3. The minimum atomic E-state index is -0.525. The Morgan fingerprint density at radius 2 is 1.56 bits per heavy atom. The van der Waals surface area contributed by atoms with Gasteiger partial charge in [0.2, 0.25) is 5.91 Å². The summed E-state index contributed by atoms with van der Waals surface area (Å²) in [6.07, 6.45) is 0. The predicted molar refractivity (Wildman–Crippen MR) is 143 cm³/mol. The molecule has 180 valence electrons. The largest absolute Gasteiger partial charge is 0.497 e. The molecule has 7 nitrogen and oxygen atoms in total. The van der Waals surface area contributed by atoms with Crippen LogP contribution in [-0.4, -0.2) is 22.2 Å². The average Bonchev–Trinajstić information content (AvgIpc) is 3.35. The lowest BCUT2D eigenvalue weighted by atomic mass is 10.1. The van der Waals surface area contributed by atoms with E-state index in [1.807, 2.05) is 78.2 Å². The third kappa shape index (κ3) is 4.58. The monoisotopic (exact) mass is 497 g/mol. The van der Waals surface area contributed by atoms with Gasteiger partial charge in [0.25, 0.3) is 5.56 Å². The summed E-state index contributed by atoms with van der Waals surface area (Å²) in [4.78, 5) is 40.6.